The average Bonchev–Trinajstić information content (AvgIpc) is 3.54. The molecule has 0 radical (unpaired) electrons. The van der Waals surface area contributed by atoms with Crippen LogP contribution in [0.25, 0.3) is 21.6 Å². The highest BCUT2D eigenvalue weighted by Crippen LogP contribution is 2.34. The third-order valence-corrected chi connectivity index (χ3v) is 8.17. The summed E-state index contributed by atoms with van der Waals surface area (Å²) in [4.78, 5) is 26.1. The summed E-state index contributed by atoms with van der Waals surface area (Å²) in [6.45, 7) is 9.11. The summed E-state index contributed by atoms with van der Waals surface area (Å²) < 4.78 is 14.9. The van der Waals surface area contributed by atoms with Crippen LogP contribution in [0.4, 0.5) is 0 Å². The van der Waals surface area contributed by atoms with Gasteiger partial charge in [0.1, 0.15) is 18.1 Å². The maximum atomic E-state index is 11.8. The van der Waals surface area contributed by atoms with Gasteiger partial charge < -0.3 is 14.4 Å². The predicted molar refractivity (Wildman–Crippen MR) is 157 cm³/mol. The summed E-state index contributed by atoms with van der Waals surface area (Å²) in [5, 5.41) is 0. The normalized spacial score (nSPS) is 13.2. The molecule has 1 aliphatic heterocycles. The fourth-order valence-electron chi connectivity index (χ4n) is 5.23. The average molecular weight is 543 g/mol. The van der Waals surface area contributed by atoms with E-state index in [0.717, 1.165) is 53.4 Å². The van der Waals surface area contributed by atoms with Crippen LogP contribution in [0.1, 0.15) is 41.5 Å². The predicted octanol–water partition coefficient (Wildman–Crippen LogP) is 6.67. The molecule has 7 heteroatoms. The van der Waals surface area contributed by atoms with Crippen molar-refractivity contribution in [1.29, 1.82) is 0 Å². The zero-order valence-corrected chi connectivity index (χ0v) is 23.5. The van der Waals surface area contributed by atoms with Crippen molar-refractivity contribution >= 4 is 17.4 Å². The molecular weight excluding hydrogens is 508 g/mol. The summed E-state index contributed by atoms with van der Waals surface area (Å²) >= 11 is 1.33. The Morgan fingerprint density at radius 3 is 2.36 bits per heavy atom. The molecule has 2 heterocycles. The SMILES string of the molecule is Cc1cc(OCCCN2CCCC2=O)cc(C)c1-c1cccc(COc2ccc(-c3cc(=O)[nH]s3)cc2)c1C. The minimum Gasteiger partial charge on any atom is -0.494 e. The first-order valence-corrected chi connectivity index (χ1v) is 14.2. The first-order chi connectivity index (χ1) is 18.9. The van der Waals surface area contributed by atoms with Crippen LogP contribution in [0, 0.1) is 20.8 Å². The van der Waals surface area contributed by atoms with Crippen molar-refractivity contribution in [2.24, 2.45) is 0 Å². The van der Waals surface area contributed by atoms with Gasteiger partial charge in [0.25, 0.3) is 5.56 Å². The number of hydrogen-bond donors (Lipinski definition) is 1. The number of aromatic amines is 1. The van der Waals surface area contributed by atoms with Gasteiger partial charge in [-0.3, -0.25) is 14.0 Å². The molecule has 0 saturated carbocycles. The van der Waals surface area contributed by atoms with Crippen LogP contribution in [0.5, 0.6) is 11.5 Å². The number of nitrogens with zero attached hydrogens (tertiary/aromatic N) is 1. The Hall–Kier alpha value is -3.84. The number of benzene rings is 3. The highest BCUT2D eigenvalue weighted by Gasteiger charge is 2.19. The number of ether oxygens (including phenoxy) is 2. The summed E-state index contributed by atoms with van der Waals surface area (Å²) in [6.07, 6.45) is 2.49. The molecule has 1 N–H and O–H groups in total. The summed E-state index contributed by atoms with van der Waals surface area (Å²) in [5.41, 5.74) is 8.00. The Kier molecular flexibility index (Phi) is 8.17. The van der Waals surface area contributed by atoms with Gasteiger partial charge in [-0.25, -0.2) is 0 Å². The van der Waals surface area contributed by atoms with E-state index in [1.165, 1.54) is 39.3 Å². The van der Waals surface area contributed by atoms with Gasteiger partial charge in [0.05, 0.1) is 11.5 Å². The number of rotatable bonds is 10. The van der Waals surface area contributed by atoms with Crippen LogP contribution in [0.15, 0.2) is 65.5 Å². The molecule has 4 aromatic rings. The summed E-state index contributed by atoms with van der Waals surface area (Å²) in [5.74, 6) is 1.92. The highest BCUT2D eigenvalue weighted by molar-refractivity contribution is 7.09. The fourth-order valence-corrected chi connectivity index (χ4v) is 5.92. The second-order valence-corrected chi connectivity index (χ2v) is 10.9. The third kappa shape index (κ3) is 6.25. The van der Waals surface area contributed by atoms with Crippen LogP contribution in [-0.4, -0.2) is 34.9 Å². The molecule has 6 nitrogen and oxygen atoms in total. The van der Waals surface area contributed by atoms with E-state index in [9.17, 15) is 9.59 Å². The van der Waals surface area contributed by atoms with Crippen molar-refractivity contribution in [2.75, 3.05) is 19.7 Å². The largest absolute Gasteiger partial charge is 0.494 e. The second-order valence-electron chi connectivity index (χ2n) is 10.1. The van der Waals surface area contributed by atoms with E-state index in [1.807, 2.05) is 29.2 Å². The number of nitrogens with one attached hydrogen (secondary N) is 1. The Morgan fingerprint density at radius 2 is 1.69 bits per heavy atom. The summed E-state index contributed by atoms with van der Waals surface area (Å²) in [7, 11) is 0. The molecule has 1 saturated heterocycles. The zero-order valence-electron chi connectivity index (χ0n) is 22.7. The molecule has 39 heavy (non-hydrogen) atoms. The van der Waals surface area contributed by atoms with E-state index in [-0.39, 0.29) is 11.5 Å². The smallest absolute Gasteiger partial charge is 0.258 e. The van der Waals surface area contributed by atoms with Gasteiger partial charge in [0, 0.05) is 25.6 Å². The van der Waals surface area contributed by atoms with Crippen LogP contribution in [0.3, 0.4) is 0 Å². The number of H-pyrrole nitrogens is 1. The third-order valence-electron chi connectivity index (χ3n) is 7.29. The first kappa shape index (κ1) is 26.8. The lowest BCUT2D eigenvalue weighted by Gasteiger charge is -2.18. The quantitative estimate of drug-likeness (QED) is 0.227. The van der Waals surface area contributed by atoms with Crippen molar-refractivity contribution in [3.05, 3.63) is 93.3 Å². The topological polar surface area (TPSA) is 71.6 Å². The zero-order chi connectivity index (χ0) is 27.4. The molecule has 0 atom stereocenters. The van der Waals surface area contributed by atoms with E-state index in [2.05, 4.69) is 55.5 Å². The van der Waals surface area contributed by atoms with Gasteiger partial charge in [-0.2, -0.15) is 0 Å². The van der Waals surface area contributed by atoms with E-state index < -0.39 is 0 Å². The molecule has 1 aliphatic rings. The lowest BCUT2D eigenvalue weighted by atomic mass is 9.90. The maximum absolute atomic E-state index is 11.8. The number of hydrogen-bond acceptors (Lipinski definition) is 5. The molecule has 3 aromatic carbocycles. The van der Waals surface area contributed by atoms with Crippen LogP contribution in [-0.2, 0) is 11.4 Å². The summed E-state index contributed by atoms with van der Waals surface area (Å²) in [6, 6.07) is 20.0. The van der Waals surface area contributed by atoms with Crippen molar-refractivity contribution in [1.82, 2.24) is 9.27 Å². The Balaban J connectivity index is 1.23. The lowest BCUT2D eigenvalue weighted by molar-refractivity contribution is -0.127. The fraction of sp³-hybridized carbons (Fsp3) is 0.312. The number of carbonyl (C=O) groups excluding carboxylic acids is 1. The van der Waals surface area contributed by atoms with Gasteiger partial charge in [-0.15, -0.1) is 0 Å². The van der Waals surface area contributed by atoms with Crippen LogP contribution < -0.4 is 15.0 Å². The van der Waals surface area contributed by atoms with E-state index in [0.29, 0.717) is 19.6 Å². The molecule has 1 amide bonds. The Morgan fingerprint density at radius 1 is 0.923 bits per heavy atom. The van der Waals surface area contributed by atoms with Gasteiger partial charge in [-0.05, 0) is 109 Å². The molecule has 0 bridgehead atoms. The molecular formula is C32H34N2O4S. The lowest BCUT2D eigenvalue weighted by Crippen LogP contribution is -2.26. The van der Waals surface area contributed by atoms with Crippen molar-refractivity contribution < 1.29 is 14.3 Å². The molecule has 5 rings (SSSR count). The van der Waals surface area contributed by atoms with E-state index >= 15 is 0 Å². The molecule has 202 valence electrons. The van der Waals surface area contributed by atoms with Crippen LogP contribution >= 0.6 is 11.5 Å². The Labute approximate surface area is 233 Å². The van der Waals surface area contributed by atoms with Gasteiger partial charge in [0.15, 0.2) is 0 Å². The molecule has 0 spiro atoms. The number of amides is 1. The van der Waals surface area contributed by atoms with Crippen molar-refractivity contribution in [2.45, 2.75) is 46.6 Å². The van der Waals surface area contributed by atoms with Gasteiger partial charge in [-0.1, -0.05) is 29.7 Å². The standard InChI is InChI=1S/C32H34N2O4S/c1-21-17-27(37-16-6-15-34-14-5-9-31(34)36)18-22(2)32(21)28-8-4-7-25(23(28)3)20-38-26-12-10-24(11-13-26)29-19-30(35)33-39-29/h4,7-8,10-13,17-19H,5-6,9,14-16,20H2,1-3H3,(H,33,35). The highest BCUT2D eigenvalue weighted by atomic mass is 32.1. The number of carbonyl (C=O) groups is 1. The molecule has 0 aliphatic carbocycles. The van der Waals surface area contributed by atoms with E-state index in [4.69, 9.17) is 9.47 Å². The van der Waals surface area contributed by atoms with Gasteiger partial charge in [0.2, 0.25) is 5.91 Å². The minimum atomic E-state index is -0.0787. The molecule has 1 aromatic heterocycles. The maximum Gasteiger partial charge on any atom is 0.258 e. The van der Waals surface area contributed by atoms with Gasteiger partial charge >= 0.3 is 0 Å². The molecule has 1 fully saturated rings. The monoisotopic (exact) mass is 542 g/mol. The molecule has 0 unspecified atom stereocenters. The van der Waals surface area contributed by atoms with Crippen LogP contribution in [0.2, 0.25) is 0 Å². The first-order valence-electron chi connectivity index (χ1n) is 13.4. The number of aromatic nitrogens is 1. The van der Waals surface area contributed by atoms with Crippen molar-refractivity contribution in [3.63, 3.8) is 0 Å². The number of aryl methyl sites for hydroxylation is 2. The minimum absolute atomic E-state index is 0.0787. The Bertz CT molecular complexity index is 1500. The number of likely N-dealkylation sites (tertiary alicyclic amines) is 1. The van der Waals surface area contributed by atoms with E-state index in [1.54, 1.807) is 6.07 Å². The second kappa shape index (κ2) is 11.9. The van der Waals surface area contributed by atoms with Crippen molar-refractivity contribution in [3.8, 4) is 33.1 Å².